The Bertz CT molecular complexity index is 774. The second kappa shape index (κ2) is 20.7. The molecule has 2 atom stereocenters. The average Bonchev–Trinajstić information content (AvgIpc) is 2.75. The number of carbonyl (C=O) groups is 2. The maximum atomic E-state index is 12.4. The monoisotopic (exact) mass is 607 g/mol. The molecule has 14 nitrogen and oxygen atoms in total. The molecule has 2 unspecified atom stereocenters. The van der Waals surface area contributed by atoms with Crippen LogP contribution in [0.5, 0.6) is 0 Å². The van der Waals surface area contributed by atoms with Gasteiger partial charge in [0.1, 0.15) is 6.61 Å². The van der Waals surface area contributed by atoms with Crippen molar-refractivity contribution in [1.82, 2.24) is 18.9 Å². The van der Waals surface area contributed by atoms with Crippen molar-refractivity contribution in [3.8, 4) is 0 Å². The summed E-state index contributed by atoms with van der Waals surface area (Å²) in [5.41, 5.74) is 5.05. The number of hydrogen-bond donors (Lipinski definition) is 3. The number of carbonyl (C=O) groups excluding carboxylic acids is 2. The number of amides is 2. The Morgan fingerprint density at radius 3 is 1.72 bits per heavy atom. The van der Waals surface area contributed by atoms with Crippen LogP contribution in [0.2, 0.25) is 0 Å². The first-order valence-electron chi connectivity index (χ1n) is 12.5. The summed E-state index contributed by atoms with van der Waals surface area (Å²) in [7, 11) is -1.09. The third-order valence-corrected chi connectivity index (χ3v) is 9.37. The van der Waals surface area contributed by atoms with Gasteiger partial charge in [0.25, 0.3) is 7.52 Å². The van der Waals surface area contributed by atoms with Gasteiger partial charge in [0, 0.05) is 38.9 Å². The van der Waals surface area contributed by atoms with Crippen LogP contribution in [-0.2, 0) is 27.7 Å². The van der Waals surface area contributed by atoms with Gasteiger partial charge in [-0.25, -0.2) is 18.8 Å². The number of piperazine rings is 1. The van der Waals surface area contributed by atoms with E-state index in [2.05, 4.69) is 0 Å². The third kappa shape index (κ3) is 18.8. The van der Waals surface area contributed by atoms with Gasteiger partial charge in [-0.1, -0.05) is 7.43 Å². The van der Waals surface area contributed by atoms with E-state index in [1.54, 1.807) is 65.1 Å². The van der Waals surface area contributed by atoms with Gasteiger partial charge in [-0.3, -0.25) is 13.9 Å². The molecule has 2 amide bonds. The van der Waals surface area contributed by atoms with E-state index in [4.69, 9.17) is 29.7 Å². The van der Waals surface area contributed by atoms with Crippen LogP contribution in [0.3, 0.4) is 0 Å². The molecule has 16 heteroatoms. The lowest BCUT2D eigenvalue weighted by Gasteiger charge is -2.37. The van der Waals surface area contributed by atoms with Crippen LogP contribution < -0.4 is 5.73 Å². The predicted octanol–water partition coefficient (Wildman–Crippen LogP) is 2.50. The van der Waals surface area contributed by atoms with E-state index in [9.17, 15) is 18.7 Å². The second-order valence-electron chi connectivity index (χ2n) is 9.60. The third-order valence-electron chi connectivity index (χ3n) is 4.42. The summed E-state index contributed by atoms with van der Waals surface area (Å²) in [6, 6.07) is 0. The highest BCUT2D eigenvalue weighted by atomic mass is 31.2. The number of aliphatic hydroxyl groups excluding tert-OH is 2. The number of nitrogens with two attached hydrogens (primary N) is 1. The Morgan fingerprint density at radius 1 is 0.949 bits per heavy atom. The Labute approximate surface area is 235 Å². The van der Waals surface area contributed by atoms with Crippen LogP contribution >= 0.6 is 15.2 Å². The van der Waals surface area contributed by atoms with E-state index < -0.39 is 27.2 Å². The molecular formula is C23H55N5O9P2. The standard InChI is InChI=1S/C11H23N2O5P.C8H20N3O3P.C3H8O.CH4/c1-10(2)18-19(3,16)13-6-4-12(5-7-13)11(15)17-9-8-14;1-7(2)14-15(13,10(3)4)11(5)6-8(9)12;1-3(2)4;/h10,14H,4-9H2,1-3H3;7H,6H2,1-5H3,(H2,9,12);3-4H,1-2H3;1H4. The van der Waals surface area contributed by atoms with E-state index >= 15 is 0 Å². The molecule has 0 aromatic rings. The van der Waals surface area contributed by atoms with Crippen molar-refractivity contribution in [1.29, 1.82) is 0 Å². The van der Waals surface area contributed by atoms with Crippen molar-refractivity contribution in [3.05, 3.63) is 0 Å². The van der Waals surface area contributed by atoms with Gasteiger partial charge >= 0.3 is 13.8 Å². The molecule has 0 aromatic heterocycles. The van der Waals surface area contributed by atoms with E-state index in [0.717, 1.165) is 0 Å². The van der Waals surface area contributed by atoms with Gasteiger partial charge in [0.05, 0.1) is 25.4 Å². The van der Waals surface area contributed by atoms with Crippen molar-refractivity contribution in [2.24, 2.45) is 5.73 Å². The first-order valence-corrected chi connectivity index (χ1v) is 16.0. The van der Waals surface area contributed by atoms with Crippen LogP contribution in [0.15, 0.2) is 0 Å². The number of likely N-dealkylation sites (N-methyl/N-ethyl adjacent to an activating group) is 1. The molecular weight excluding hydrogens is 552 g/mol. The molecule has 0 aliphatic carbocycles. The Balaban J connectivity index is -0.000000583. The van der Waals surface area contributed by atoms with Gasteiger partial charge in [-0.15, -0.1) is 0 Å². The van der Waals surface area contributed by atoms with E-state index in [-0.39, 0.29) is 45.5 Å². The lowest BCUT2D eigenvalue weighted by molar-refractivity contribution is -0.118. The summed E-state index contributed by atoms with van der Waals surface area (Å²) in [5, 5.41) is 16.6. The quantitative estimate of drug-likeness (QED) is 0.293. The van der Waals surface area contributed by atoms with Gasteiger partial charge in [-0.2, -0.15) is 0 Å². The topological polar surface area (TPSA) is 175 Å². The Morgan fingerprint density at radius 2 is 1.38 bits per heavy atom. The average molecular weight is 608 g/mol. The van der Waals surface area contributed by atoms with Crippen LogP contribution in [0.1, 0.15) is 49.0 Å². The minimum absolute atomic E-state index is 0. The number of nitrogens with zero attached hydrogens (tertiary/aromatic N) is 4. The lowest BCUT2D eigenvalue weighted by atomic mass is 10.4. The van der Waals surface area contributed by atoms with Crippen molar-refractivity contribution in [2.45, 2.75) is 67.3 Å². The molecule has 0 radical (unpaired) electrons. The highest BCUT2D eigenvalue weighted by molar-refractivity contribution is 7.55. The molecule has 4 N–H and O–H groups in total. The summed E-state index contributed by atoms with van der Waals surface area (Å²) in [5.74, 6) is -0.535. The summed E-state index contributed by atoms with van der Waals surface area (Å²) >= 11 is 0. The zero-order valence-corrected chi connectivity index (χ0v) is 26.5. The fourth-order valence-corrected chi connectivity index (χ4v) is 6.64. The fourth-order valence-electron chi connectivity index (χ4n) is 2.99. The molecule has 1 aliphatic heterocycles. The minimum Gasteiger partial charge on any atom is -0.447 e. The summed E-state index contributed by atoms with van der Waals surface area (Å²) in [4.78, 5) is 23.9. The lowest BCUT2D eigenvalue weighted by Crippen LogP contribution is -2.47. The molecule has 1 rings (SSSR count). The number of ether oxygens (including phenoxy) is 1. The summed E-state index contributed by atoms with van der Waals surface area (Å²) in [6.45, 7) is 13.9. The van der Waals surface area contributed by atoms with Gasteiger partial charge < -0.3 is 34.6 Å². The van der Waals surface area contributed by atoms with Gasteiger partial charge in [0.15, 0.2) is 0 Å². The molecule has 39 heavy (non-hydrogen) atoms. The zero-order valence-electron chi connectivity index (χ0n) is 24.7. The molecule has 0 spiro atoms. The highest BCUT2D eigenvalue weighted by Crippen LogP contribution is 2.52. The molecule has 0 saturated carbocycles. The smallest absolute Gasteiger partial charge is 0.409 e. The van der Waals surface area contributed by atoms with Crippen LogP contribution in [0.25, 0.3) is 0 Å². The molecule has 1 aliphatic rings. The van der Waals surface area contributed by atoms with Crippen molar-refractivity contribution in [3.63, 3.8) is 0 Å². The first-order chi connectivity index (χ1) is 17.3. The zero-order chi connectivity index (χ0) is 30.3. The van der Waals surface area contributed by atoms with Crippen molar-refractivity contribution < 1.29 is 42.7 Å². The molecule has 0 bridgehead atoms. The highest BCUT2D eigenvalue weighted by Gasteiger charge is 2.34. The van der Waals surface area contributed by atoms with Crippen molar-refractivity contribution in [2.75, 3.05) is 73.7 Å². The Kier molecular flexibility index (Phi) is 22.5. The van der Waals surface area contributed by atoms with E-state index in [1.165, 1.54) is 9.34 Å². The normalized spacial score (nSPS) is 17.0. The van der Waals surface area contributed by atoms with Gasteiger partial charge in [0.2, 0.25) is 5.91 Å². The Hall–Kier alpha value is -1.08. The fraction of sp³-hybridized carbons (Fsp3) is 0.913. The second-order valence-corrected chi connectivity index (χ2v) is 14.7. The van der Waals surface area contributed by atoms with E-state index in [1.807, 2.05) is 13.8 Å². The maximum Gasteiger partial charge on any atom is 0.409 e. The van der Waals surface area contributed by atoms with Crippen LogP contribution in [-0.4, -0.2) is 133 Å². The first kappa shape index (κ1) is 42.4. The minimum atomic E-state index is -3.13. The molecule has 236 valence electrons. The van der Waals surface area contributed by atoms with Crippen LogP contribution in [0, 0.1) is 0 Å². The number of primary amides is 1. The summed E-state index contributed by atoms with van der Waals surface area (Å²) in [6.07, 6.45) is -0.888. The molecule has 1 heterocycles. The van der Waals surface area contributed by atoms with Crippen LogP contribution in [0.4, 0.5) is 4.79 Å². The largest absolute Gasteiger partial charge is 0.447 e. The molecule has 1 saturated heterocycles. The van der Waals surface area contributed by atoms with Gasteiger partial charge in [-0.05, 0) is 62.7 Å². The SMILES string of the molecule is C.CC(C)O.CC(C)OP(=O)(N(C)C)N(C)CC(N)=O.CC(C)OP(C)(=O)N1CCN(C(=O)OCCO)CC1. The van der Waals surface area contributed by atoms with E-state index in [0.29, 0.717) is 26.2 Å². The summed E-state index contributed by atoms with van der Waals surface area (Å²) < 4.78 is 45.0. The number of aliphatic hydroxyl groups is 2. The molecule has 1 fully saturated rings. The number of rotatable bonds is 11. The maximum absolute atomic E-state index is 12.4. The number of hydrogen-bond acceptors (Lipinski definition) is 9. The predicted molar refractivity (Wildman–Crippen MR) is 155 cm³/mol. The molecule has 0 aromatic carbocycles. The van der Waals surface area contributed by atoms with Crippen molar-refractivity contribution >= 4 is 27.2 Å².